The summed E-state index contributed by atoms with van der Waals surface area (Å²) in [4.78, 5) is 11.3. The summed E-state index contributed by atoms with van der Waals surface area (Å²) >= 11 is 0. The third kappa shape index (κ3) is 2.94. The molecule has 1 aliphatic heterocycles. The normalized spacial score (nSPS) is 21.3. The van der Waals surface area contributed by atoms with Crippen molar-refractivity contribution in [2.24, 2.45) is 5.73 Å². The van der Waals surface area contributed by atoms with Crippen molar-refractivity contribution >= 4 is 5.82 Å². The number of hydrogen-bond donors (Lipinski definition) is 1. The van der Waals surface area contributed by atoms with Gasteiger partial charge in [0.2, 0.25) is 0 Å². The summed E-state index contributed by atoms with van der Waals surface area (Å²) in [7, 11) is 0. The van der Waals surface area contributed by atoms with E-state index in [2.05, 4.69) is 21.8 Å². The number of nitrogens with zero attached hydrogens (tertiary/aromatic N) is 3. The van der Waals surface area contributed by atoms with E-state index in [0.29, 0.717) is 12.6 Å². The van der Waals surface area contributed by atoms with Crippen LogP contribution in [0.4, 0.5) is 5.82 Å². The Morgan fingerprint density at radius 2 is 2.24 bits per heavy atom. The highest BCUT2D eigenvalue weighted by atomic mass is 15.2. The van der Waals surface area contributed by atoms with Crippen LogP contribution >= 0.6 is 0 Å². The highest BCUT2D eigenvalue weighted by molar-refractivity contribution is 5.38. The van der Waals surface area contributed by atoms with Crippen molar-refractivity contribution in [1.82, 2.24) is 9.97 Å². The highest BCUT2D eigenvalue weighted by Crippen LogP contribution is 2.23. The molecule has 4 nitrogen and oxygen atoms in total. The summed E-state index contributed by atoms with van der Waals surface area (Å²) < 4.78 is 0. The van der Waals surface area contributed by atoms with Gasteiger partial charge in [0.1, 0.15) is 5.82 Å². The van der Waals surface area contributed by atoms with Crippen molar-refractivity contribution in [1.29, 1.82) is 0 Å². The molecule has 2 rings (SSSR count). The lowest BCUT2D eigenvalue weighted by Crippen LogP contribution is -2.35. The van der Waals surface area contributed by atoms with Gasteiger partial charge in [-0.15, -0.1) is 0 Å². The molecular weight excluding hydrogens is 212 g/mol. The van der Waals surface area contributed by atoms with E-state index in [1.165, 1.54) is 32.1 Å². The van der Waals surface area contributed by atoms with Gasteiger partial charge in [0.15, 0.2) is 0 Å². The van der Waals surface area contributed by atoms with Gasteiger partial charge in [0.25, 0.3) is 0 Å². The maximum absolute atomic E-state index is 5.63. The molecule has 1 aliphatic rings. The number of aromatic nitrogens is 2. The Morgan fingerprint density at radius 1 is 1.35 bits per heavy atom. The van der Waals surface area contributed by atoms with E-state index >= 15 is 0 Å². The minimum Gasteiger partial charge on any atom is -0.352 e. The highest BCUT2D eigenvalue weighted by Gasteiger charge is 2.20. The summed E-state index contributed by atoms with van der Waals surface area (Å²) in [5.74, 6) is 1.00. The topological polar surface area (TPSA) is 55.0 Å². The van der Waals surface area contributed by atoms with E-state index in [4.69, 9.17) is 5.73 Å². The molecule has 1 saturated heterocycles. The zero-order chi connectivity index (χ0) is 12.1. The van der Waals surface area contributed by atoms with Gasteiger partial charge in [-0.2, -0.15) is 0 Å². The first-order chi connectivity index (χ1) is 8.35. The zero-order valence-corrected chi connectivity index (χ0v) is 10.6. The lowest BCUT2D eigenvalue weighted by molar-refractivity contribution is 0.551. The molecule has 2 heterocycles. The van der Waals surface area contributed by atoms with E-state index in [9.17, 15) is 0 Å². The molecule has 1 fully saturated rings. The standard InChI is InChI=1S/C13H22N4/c1-2-12-6-4-3-5-7-17(12)13-10-15-9-11(8-14)16-13/h9-10,12H,2-8,14H2,1H3. The molecule has 17 heavy (non-hydrogen) atoms. The number of hydrogen-bond acceptors (Lipinski definition) is 4. The van der Waals surface area contributed by atoms with E-state index in [1.807, 2.05) is 6.20 Å². The maximum atomic E-state index is 5.63. The van der Waals surface area contributed by atoms with Gasteiger partial charge in [-0.25, -0.2) is 4.98 Å². The van der Waals surface area contributed by atoms with Crippen LogP contribution in [0.1, 0.15) is 44.7 Å². The summed E-state index contributed by atoms with van der Waals surface area (Å²) in [5, 5.41) is 0. The molecule has 1 aromatic rings. The molecule has 2 N–H and O–H groups in total. The molecule has 94 valence electrons. The molecule has 1 unspecified atom stereocenters. The smallest absolute Gasteiger partial charge is 0.147 e. The lowest BCUT2D eigenvalue weighted by Gasteiger charge is -2.30. The monoisotopic (exact) mass is 234 g/mol. The van der Waals surface area contributed by atoms with Crippen LogP contribution in [0.5, 0.6) is 0 Å². The van der Waals surface area contributed by atoms with E-state index < -0.39 is 0 Å². The van der Waals surface area contributed by atoms with E-state index in [1.54, 1.807) is 6.20 Å². The summed E-state index contributed by atoms with van der Waals surface area (Å²) in [6, 6.07) is 0.611. The number of nitrogens with two attached hydrogens (primary N) is 1. The van der Waals surface area contributed by atoms with Crippen LogP contribution in [0.15, 0.2) is 12.4 Å². The van der Waals surface area contributed by atoms with Crippen molar-refractivity contribution in [2.45, 2.75) is 51.6 Å². The minimum absolute atomic E-state index is 0.464. The lowest BCUT2D eigenvalue weighted by atomic mass is 10.1. The van der Waals surface area contributed by atoms with Crippen molar-refractivity contribution in [3.63, 3.8) is 0 Å². The molecule has 1 atom stereocenters. The van der Waals surface area contributed by atoms with Gasteiger partial charge in [-0.05, 0) is 19.3 Å². The van der Waals surface area contributed by atoms with Crippen molar-refractivity contribution < 1.29 is 0 Å². The molecule has 0 aliphatic carbocycles. The maximum Gasteiger partial charge on any atom is 0.147 e. The SMILES string of the molecule is CCC1CCCCCN1c1cncc(CN)n1. The Morgan fingerprint density at radius 3 is 3.00 bits per heavy atom. The Kier molecular flexibility index (Phi) is 4.31. The predicted octanol–water partition coefficient (Wildman–Crippen LogP) is 2.09. The van der Waals surface area contributed by atoms with E-state index in [0.717, 1.165) is 18.1 Å². The Labute approximate surface area is 103 Å². The second-order valence-electron chi connectivity index (χ2n) is 4.68. The number of rotatable bonds is 3. The second kappa shape index (κ2) is 5.96. The summed E-state index contributed by atoms with van der Waals surface area (Å²) in [6.45, 7) is 3.82. The van der Waals surface area contributed by atoms with Crippen molar-refractivity contribution in [3.05, 3.63) is 18.1 Å². The van der Waals surface area contributed by atoms with Crippen LogP contribution < -0.4 is 10.6 Å². The number of anilines is 1. The van der Waals surface area contributed by atoms with Crippen LogP contribution in [-0.4, -0.2) is 22.6 Å². The molecular formula is C13H22N4. The van der Waals surface area contributed by atoms with Gasteiger partial charge < -0.3 is 10.6 Å². The molecule has 1 aromatic heterocycles. The largest absolute Gasteiger partial charge is 0.352 e. The molecule has 0 aromatic carbocycles. The molecule has 0 saturated carbocycles. The fourth-order valence-electron chi connectivity index (χ4n) is 2.53. The van der Waals surface area contributed by atoms with Gasteiger partial charge >= 0.3 is 0 Å². The molecule has 0 bridgehead atoms. The first kappa shape index (κ1) is 12.3. The first-order valence-corrected chi connectivity index (χ1v) is 6.62. The Balaban J connectivity index is 2.21. The first-order valence-electron chi connectivity index (χ1n) is 6.62. The Hall–Kier alpha value is -1.16. The van der Waals surface area contributed by atoms with Gasteiger partial charge in [-0.1, -0.05) is 19.8 Å². The average Bonchev–Trinajstić information content (AvgIpc) is 2.63. The van der Waals surface area contributed by atoms with Gasteiger partial charge in [-0.3, -0.25) is 4.98 Å². The summed E-state index contributed by atoms with van der Waals surface area (Å²) in [6.07, 6.45) is 9.98. The Bertz CT molecular complexity index is 353. The molecule has 0 amide bonds. The molecule has 0 spiro atoms. The predicted molar refractivity (Wildman–Crippen MR) is 69.8 cm³/mol. The third-order valence-electron chi connectivity index (χ3n) is 3.52. The second-order valence-corrected chi connectivity index (χ2v) is 4.68. The van der Waals surface area contributed by atoms with Crippen molar-refractivity contribution in [3.8, 4) is 0 Å². The average molecular weight is 234 g/mol. The third-order valence-corrected chi connectivity index (χ3v) is 3.52. The van der Waals surface area contributed by atoms with Crippen LogP contribution in [0.2, 0.25) is 0 Å². The quantitative estimate of drug-likeness (QED) is 0.870. The van der Waals surface area contributed by atoms with Crippen LogP contribution in [-0.2, 0) is 6.54 Å². The fraction of sp³-hybridized carbons (Fsp3) is 0.692. The van der Waals surface area contributed by atoms with Crippen LogP contribution in [0, 0.1) is 0 Å². The summed E-state index contributed by atoms with van der Waals surface area (Å²) in [5.41, 5.74) is 6.50. The van der Waals surface area contributed by atoms with Crippen molar-refractivity contribution in [2.75, 3.05) is 11.4 Å². The minimum atomic E-state index is 0.464. The van der Waals surface area contributed by atoms with Crippen LogP contribution in [0.3, 0.4) is 0 Å². The van der Waals surface area contributed by atoms with Crippen LogP contribution in [0.25, 0.3) is 0 Å². The fourth-order valence-corrected chi connectivity index (χ4v) is 2.53. The van der Waals surface area contributed by atoms with Gasteiger partial charge in [0.05, 0.1) is 11.9 Å². The zero-order valence-electron chi connectivity index (χ0n) is 10.6. The molecule has 0 radical (unpaired) electrons. The van der Waals surface area contributed by atoms with Gasteiger partial charge in [0, 0.05) is 25.3 Å². The van der Waals surface area contributed by atoms with E-state index in [-0.39, 0.29) is 0 Å². The molecule has 4 heteroatoms.